The number of anilines is 1. The Balaban J connectivity index is 1.75. The first-order valence-electron chi connectivity index (χ1n) is 8.64. The van der Waals surface area contributed by atoms with Gasteiger partial charge in [0.25, 0.3) is 5.91 Å². The van der Waals surface area contributed by atoms with Crippen molar-refractivity contribution in [3.63, 3.8) is 0 Å². The number of benzene rings is 2. The molecule has 7 nitrogen and oxygen atoms in total. The molecule has 1 aromatic heterocycles. The van der Waals surface area contributed by atoms with Gasteiger partial charge in [0.15, 0.2) is 5.01 Å². The van der Waals surface area contributed by atoms with E-state index in [0.717, 1.165) is 11.3 Å². The number of ether oxygens (including phenoxy) is 3. The minimum absolute atomic E-state index is 0.0769. The minimum Gasteiger partial charge on any atom is -0.497 e. The van der Waals surface area contributed by atoms with Gasteiger partial charge in [-0.2, -0.15) is 0 Å². The summed E-state index contributed by atoms with van der Waals surface area (Å²) in [7, 11) is 3.18. The number of hydrogen-bond acceptors (Lipinski definition) is 7. The highest BCUT2D eigenvalue weighted by atomic mass is 32.1. The lowest BCUT2D eigenvalue weighted by Crippen LogP contribution is -2.12. The Morgan fingerprint density at radius 3 is 2.36 bits per heavy atom. The zero-order valence-corrected chi connectivity index (χ0v) is 16.9. The van der Waals surface area contributed by atoms with Crippen LogP contribution in [0.2, 0.25) is 0 Å². The quantitative estimate of drug-likeness (QED) is 0.639. The van der Waals surface area contributed by atoms with E-state index in [1.165, 1.54) is 11.3 Å². The fourth-order valence-electron chi connectivity index (χ4n) is 2.49. The molecular formula is C20H21N3O4S. The normalized spacial score (nSPS) is 10.6. The summed E-state index contributed by atoms with van der Waals surface area (Å²) in [5, 5.41) is 12.0. The molecule has 3 rings (SSSR count). The number of carbonyl (C=O) groups excluding carboxylic acids is 1. The Hall–Kier alpha value is -3.13. The van der Waals surface area contributed by atoms with E-state index < -0.39 is 0 Å². The molecule has 2 aromatic carbocycles. The number of carbonyl (C=O) groups is 1. The second kappa shape index (κ2) is 8.71. The topological polar surface area (TPSA) is 82.6 Å². The second-order valence-electron chi connectivity index (χ2n) is 6.12. The van der Waals surface area contributed by atoms with Crippen molar-refractivity contribution < 1.29 is 19.0 Å². The number of hydrogen-bond donors (Lipinski definition) is 1. The van der Waals surface area contributed by atoms with Crippen molar-refractivity contribution in [2.45, 2.75) is 20.0 Å². The van der Waals surface area contributed by atoms with E-state index in [2.05, 4.69) is 15.5 Å². The van der Waals surface area contributed by atoms with Crippen molar-refractivity contribution >= 4 is 22.4 Å². The summed E-state index contributed by atoms with van der Waals surface area (Å²) in [6, 6.07) is 12.4. The molecule has 0 saturated heterocycles. The fourth-order valence-corrected chi connectivity index (χ4v) is 3.25. The van der Waals surface area contributed by atoms with Crippen molar-refractivity contribution in [3.8, 4) is 27.8 Å². The van der Waals surface area contributed by atoms with Gasteiger partial charge in [-0.1, -0.05) is 11.3 Å². The van der Waals surface area contributed by atoms with Crippen molar-refractivity contribution in [3.05, 3.63) is 48.0 Å². The van der Waals surface area contributed by atoms with Gasteiger partial charge >= 0.3 is 0 Å². The molecule has 1 heterocycles. The molecule has 0 unspecified atom stereocenters. The van der Waals surface area contributed by atoms with Gasteiger partial charge in [0, 0.05) is 5.56 Å². The van der Waals surface area contributed by atoms with Gasteiger partial charge < -0.3 is 14.2 Å². The molecule has 0 aliphatic carbocycles. The van der Waals surface area contributed by atoms with E-state index in [0.29, 0.717) is 27.2 Å². The standard InChI is InChI=1S/C20H21N3O4S/c1-12(2)27-14-7-5-13(6-8-14)18(24)21-20-23-22-19(28-20)16-11-15(25-3)9-10-17(16)26-4/h5-12H,1-4H3,(H,21,23,24). The maximum atomic E-state index is 12.5. The highest BCUT2D eigenvalue weighted by Crippen LogP contribution is 2.36. The largest absolute Gasteiger partial charge is 0.497 e. The van der Waals surface area contributed by atoms with Crippen LogP contribution in [0.15, 0.2) is 42.5 Å². The summed E-state index contributed by atoms with van der Waals surface area (Å²) in [4.78, 5) is 12.5. The Morgan fingerprint density at radius 2 is 1.71 bits per heavy atom. The summed E-state index contributed by atoms with van der Waals surface area (Å²) in [5.41, 5.74) is 1.25. The van der Waals surface area contributed by atoms with E-state index in [-0.39, 0.29) is 12.0 Å². The zero-order chi connectivity index (χ0) is 20.1. The van der Waals surface area contributed by atoms with Crippen molar-refractivity contribution in [2.75, 3.05) is 19.5 Å². The number of nitrogens with one attached hydrogen (secondary N) is 1. The molecule has 0 saturated carbocycles. The molecule has 8 heteroatoms. The predicted molar refractivity (Wildman–Crippen MR) is 109 cm³/mol. The first-order chi connectivity index (χ1) is 13.5. The molecule has 28 heavy (non-hydrogen) atoms. The van der Waals surface area contributed by atoms with Crippen molar-refractivity contribution in [1.82, 2.24) is 10.2 Å². The predicted octanol–water partition coefficient (Wildman–Crippen LogP) is 4.26. The molecule has 0 fully saturated rings. The lowest BCUT2D eigenvalue weighted by molar-refractivity contribution is 0.102. The van der Waals surface area contributed by atoms with Gasteiger partial charge in [0.1, 0.15) is 17.2 Å². The van der Waals surface area contributed by atoms with Crippen molar-refractivity contribution in [2.24, 2.45) is 0 Å². The van der Waals surface area contributed by atoms with E-state index in [9.17, 15) is 4.79 Å². The molecule has 0 spiro atoms. The highest BCUT2D eigenvalue weighted by molar-refractivity contribution is 7.18. The van der Waals surface area contributed by atoms with Gasteiger partial charge in [-0.25, -0.2) is 0 Å². The Labute approximate surface area is 167 Å². The van der Waals surface area contributed by atoms with Crippen LogP contribution in [-0.4, -0.2) is 36.4 Å². The van der Waals surface area contributed by atoms with E-state index >= 15 is 0 Å². The first-order valence-corrected chi connectivity index (χ1v) is 9.45. The molecule has 0 atom stereocenters. The molecule has 3 aromatic rings. The van der Waals surface area contributed by atoms with Crippen LogP contribution in [0.25, 0.3) is 10.6 Å². The molecule has 0 bridgehead atoms. The Kier molecular flexibility index (Phi) is 6.10. The summed E-state index contributed by atoms with van der Waals surface area (Å²) in [6.45, 7) is 3.90. The SMILES string of the molecule is COc1ccc(OC)c(-c2nnc(NC(=O)c3ccc(OC(C)C)cc3)s2)c1. The lowest BCUT2D eigenvalue weighted by Gasteiger charge is -2.09. The minimum atomic E-state index is -0.267. The van der Waals surface area contributed by atoms with E-state index in [1.54, 1.807) is 50.6 Å². The van der Waals surface area contributed by atoms with E-state index in [1.807, 2.05) is 19.9 Å². The summed E-state index contributed by atoms with van der Waals surface area (Å²) in [6.07, 6.45) is 0.0769. The van der Waals surface area contributed by atoms with Crippen molar-refractivity contribution in [1.29, 1.82) is 0 Å². The second-order valence-corrected chi connectivity index (χ2v) is 7.10. The molecule has 0 radical (unpaired) electrons. The monoisotopic (exact) mass is 399 g/mol. The van der Waals surface area contributed by atoms with Crippen LogP contribution in [-0.2, 0) is 0 Å². The zero-order valence-electron chi connectivity index (χ0n) is 16.1. The van der Waals surface area contributed by atoms with E-state index in [4.69, 9.17) is 14.2 Å². The van der Waals surface area contributed by atoms with Crippen LogP contribution in [0.4, 0.5) is 5.13 Å². The number of nitrogens with zero attached hydrogens (tertiary/aromatic N) is 2. The van der Waals surface area contributed by atoms with Gasteiger partial charge in [-0.05, 0) is 56.3 Å². The van der Waals surface area contributed by atoms with Gasteiger partial charge in [0.2, 0.25) is 5.13 Å². The Morgan fingerprint density at radius 1 is 1.00 bits per heavy atom. The third-order valence-electron chi connectivity index (χ3n) is 3.77. The number of rotatable bonds is 7. The molecule has 0 aliphatic heterocycles. The number of methoxy groups -OCH3 is 2. The lowest BCUT2D eigenvalue weighted by atomic mass is 10.2. The van der Waals surface area contributed by atoms with Crippen LogP contribution in [0.1, 0.15) is 24.2 Å². The maximum absolute atomic E-state index is 12.5. The fraction of sp³-hybridized carbons (Fsp3) is 0.250. The van der Waals surface area contributed by atoms with Crippen LogP contribution in [0.5, 0.6) is 17.2 Å². The summed E-state index contributed by atoms with van der Waals surface area (Å²) >= 11 is 1.25. The van der Waals surface area contributed by atoms with Gasteiger partial charge in [-0.15, -0.1) is 10.2 Å². The molecule has 0 aliphatic rings. The number of aromatic nitrogens is 2. The molecular weight excluding hydrogens is 378 g/mol. The maximum Gasteiger partial charge on any atom is 0.257 e. The van der Waals surface area contributed by atoms with Crippen LogP contribution in [0, 0.1) is 0 Å². The molecule has 1 N–H and O–H groups in total. The average molecular weight is 399 g/mol. The first kappa shape index (κ1) is 19.6. The third kappa shape index (κ3) is 4.58. The highest BCUT2D eigenvalue weighted by Gasteiger charge is 2.15. The summed E-state index contributed by atoms with van der Waals surface area (Å²) in [5.74, 6) is 1.78. The molecule has 146 valence electrons. The van der Waals surface area contributed by atoms with Gasteiger partial charge in [0.05, 0.1) is 25.9 Å². The summed E-state index contributed by atoms with van der Waals surface area (Å²) < 4.78 is 16.2. The Bertz CT molecular complexity index is 954. The van der Waals surface area contributed by atoms with Gasteiger partial charge in [-0.3, -0.25) is 10.1 Å². The smallest absolute Gasteiger partial charge is 0.257 e. The van der Waals surface area contributed by atoms with Crippen LogP contribution >= 0.6 is 11.3 Å². The molecule has 1 amide bonds. The average Bonchev–Trinajstić information content (AvgIpc) is 3.15. The van der Waals surface area contributed by atoms with Crippen LogP contribution < -0.4 is 19.5 Å². The number of amides is 1. The van der Waals surface area contributed by atoms with Crippen LogP contribution in [0.3, 0.4) is 0 Å². The third-order valence-corrected chi connectivity index (χ3v) is 4.64.